The van der Waals surface area contributed by atoms with E-state index >= 15 is 0 Å². The summed E-state index contributed by atoms with van der Waals surface area (Å²) >= 11 is 0. The first kappa shape index (κ1) is 18.1. The normalized spacial score (nSPS) is 11.3. The molecule has 5 aromatic rings. The molecule has 0 unspecified atom stereocenters. The Labute approximate surface area is 172 Å². The van der Waals surface area contributed by atoms with Gasteiger partial charge in [-0.25, -0.2) is 4.79 Å². The molecule has 0 aliphatic rings. The second-order valence-corrected chi connectivity index (χ2v) is 7.26. The lowest BCUT2D eigenvalue weighted by molar-refractivity contribution is 0.415. The maximum absolute atomic E-state index is 13.0. The van der Waals surface area contributed by atoms with E-state index in [0.717, 1.165) is 27.7 Å². The molecular weight excluding hydrogens is 378 g/mol. The molecule has 5 heteroatoms. The molecule has 0 amide bonds. The highest BCUT2D eigenvalue weighted by Crippen LogP contribution is 2.43. The molecule has 0 atom stereocenters. The van der Waals surface area contributed by atoms with Crippen molar-refractivity contribution in [3.63, 3.8) is 0 Å². The van der Waals surface area contributed by atoms with Crippen molar-refractivity contribution in [3.05, 3.63) is 82.7 Å². The van der Waals surface area contributed by atoms with Crippen LogP contribution in [0.4, 0.5) is 0 Å². The number of hydrogen-bond donors (Lipinski definition) is 2. The van der Waals surface area contributed by atoms with Crippen LogP contribution >= 0.6 is 0 Å². The van der Waals surface area contributed by atoms with Crippen molar-refractivity contribution in [2.45, 2.75) is 6.92 Å². The van der Waals surface area contributed by atoms with E-state index in [1.807, 2.05) is 49.4 Å². The zero-order valence-electron chi connectivity index (χ0n) is 16.5. The van der Waals surface area contributed by atoms with Crippen LogP contribution in [0.25, 0.3) is 44.3 Å². The number of benzene rings is 3. The summed E-state index contributed by atoms with van der Waals surface area (Å²) in [6, 6.07) is 20.6. The van der Waals surface area contributed by atoms with Gasteiger partial charge in [0.25, 0.3) is 0 Å². The Morgan fingerprint density at radius 1 is 0.933 bits per heavy atom. The van der Waals surface area contributed by atoms with Gasteiger partial charge in [0, 0.05) is 16.5 Å². The van der Waals surface area contributed by atoms with Gasteiger partial charge in [0.05, 0.1) is 18.2 Å². The van der Waals surface area contributed by atoms with Crippen molar-refractivity contribution in [2.24, 2.45) is 0 Å². The quantitative estimate of drug-likeness (QED) is 0.387. The van der Waals surface area contributed by atoms with Crippen LogP contribution in [0, 0.1) is 6.92 Å². The van der Waals surface area contributed by atoms with Crippen LogP contribution in [0.3, 0.4) is 0 Å². The fourth-order valence-corrected chi connectivity index (χ4v) is 3.85. The van der Waals surface area contributed by atoms with E-state index in [2.05, 4.69) is 4.98 Å². The summed E-state index contributed by atoms with van der Waals surface area (Å²) in [5, 5.41) is 12.4. The Hall–Kier alpha value is -3.99. The molecule has 2 heterocycles. The van der Waals surface area contributed by atoms with E-state index in [0.29, 0.717) is 22.3 Å². The van der Waals surface area contributed by atoms with Crippen molar-refractivity contribution in [1.29, 1.82) is 0 Å². The Bertz CT molecular complexity index is 1460. The Morgan fingerprint density at radius 3 is 2.47 bits per heavy atom. The van der Waals surface area contributed by atoms with E-state index in [1.165, 1.54) is 0 Å². The van der Waals surface area contributed by atoms with Gasteiger partial charge in [0.1, 0.15) is 22.6 Å². The van der Waals surface area contributed by atoms with Crippen molar-refractivity contribution in [2.75, 3.05) is 7.11 Å². The zero-order chi connectivity index (χ0) is 20.8. The summed E-state index contributed by atoms with van der Waals surface area (Å²) in [5.41, 5.74) is 4.06. The maximum atomic E-state index is 13.0. The average Bonchev–Trinajstić information content (AvgIpc) is 3.12. The van der Waals surface area contributed by atoms with Gasteiger partial charge < -0.3 is 19.2 Å². The highest BCUT2D eigenvalue weighted by molar-refractivity contribution is 6.07. The summed E-state index contributed by atoms with van der Waals surface area (Å²) in [6.07, 6.45) is 0. The lowest BCUT2D eigenvalue weighted by Crippen LogP contribution is -2.04. The van der Waals surface area contributed by atoms with Crippen LogP contribution in [0.15, 0.2) is 75.9 Å². The predicted molar refractivity (Wildman–Crippen MR) is 118 cm³/mol. The molecule has 0 radical (unpaired) electrons. The van der Waals surface area contributed by atoms with Crippen LogP contribution in [-0.4, -0.2) is 17.2 Å². The van der Waals surface area contributed by atoms with Crippen molar-refractivity contribution in [3.8, 4) is 33.9 Å². The van der Waals surface area contributed by atoms with Gasteiger partial charge >= 0.3 is 5.63 Å². The van der Waals surface area contributed by atoms with Gasteiger partial charge in [-0.15, -0.1) is 0 Å². The summed E-state index contributed by atoms with van der Waals surface area (Å²) in [6.45, 7) is 2.02. The molecule has 0 saturated heterocycles. The Balaban J connectivity index is 1.92. The molecule has 5 nitrogen and oxygen atoms in total. The molecule has 3 aromatic carbocycles. The van der Waals surface area contributed by atoms with Crippen LogP contribution in [0.1, 0.15) is 5.56 Å². The number of nitrogens with one attached hydrogen (secondary N) is 1. The standard InChI is InChI=1S/C25H19NO4/c1-14-7-9-15(10-8-14)23-21(18-13-16(29-2)11-12-19(18)26-23)22-24(27)17-5-3-4-6-20(17)30-25(22)28/h3-13,26-27H,1-2H3. The van der Waals surface area contributed by atoms with Crippen LogP contribution in [0.5, 0.6) is 11.5 Å². The second kappa shape index (κ2) is 6.81. The number of fused-ring (bicyclic) bond motifs is 2. The van der Waals surface area contributed by atoms with Crippen molar-refractivity contribution >= 4 is 21.9 Å². The van der Waals surface area contributed by atoms with Gasteiger partial charge in [0.2, 0.25) is 0 Å². The number of aryl methyl sites for hydroxylation is 1. The van der Waals surface area contributed by atoms with E-state index in [-0.39, 0.29) is 11.3 Å². The number of hydrogen-bond acceptors (Lipinski definition) is 4. The smallest absolute Gasteiger partial charge is 0.348 e. The maximum Gasteiger partial charge on any atom is 0.348 e. The van der Waals surface area contributed by atoms with E-state index in [4.69, 9.17) is 9.15 Å². The first-order valence-corrected chi connectivity index (χ1v) is 9.59. The topological polar surface area (TPSA) is 75.5 Å². The number of aromatic amines is 1. The van der Waals surface area contributed by atoms with Crippen molar-refractivity contribution in [1.82, 2.24) is 4.98 Å². The van der Waals surface area contributed by atoms with Crippen LogP contribution in [0.2, 0.25) is 0 Å². The fourth-order valence-electron chi connectivity index (χ4n) is 3.85. The predicted octanol–water partition coefficient (Wildman–Crippen LogP) is 5.63. The number of aromatic hydroxyl groups is 1. The average molecular weight is 397 g/mol. The third-order valence-corrected chi connectivity index (χ3v) is 5.38. The molecule has 0 spiro atoms. The molecule has 0 bridgehead atoms. The number of para-hydroxylation sites is 1. The molecular formula is C25H19NO4. The molecule has 148 valence electrons. The molecule has 2 aromatic heterocycles. The molecule has 30 heavy (non-hydrogen) atoms. The Morgan fingerprint density at radius 2 is 1.70 bits per heavy atom. The minimum absolute atomic E-state index is 0.0982. The van der Waals surface area contributed by atoms with Gasteiger partial charge in [-0.2, -0.15) is 0 Å². The summed E-state index contributed by atoms with van der Waals surface area (Å²) in [7, 11) is 1.59. The third kappa shape index (κ3) is 2.75. The minimum atomic E-state index is -0.594. The van der Waals surface area contributed by atoms with E-state index in [1.54, 1.807) is 31.4 Å². The highest BCUT2D eigenvalue weighted by atomic mass is 16.5. The third-order valence-electron chi connectivity index (χ3n) is 5.38. The van der Waals surface area contributed by atoms with E-state index in [9.17, 15) is 9.90 Å². The first-order chi connectivity index (χ1) is 14.6. The van der Waals surface area contributed by atoms with Gasteiger partial charge in [-0.1, -0.05) is 42.0 Å². The molecule has 0 aliphatic heterocycles. The van der Waals surface area contributed by atoms with Crippen molar-refractivity contribution < 1.29 is 14.3 Å². The molecule has 5 rings (SSSR count). The summed E-state index contributed by atoms with van der Waals surface area (Å²) < 4.78 is 10.9. The number of H-pyrrole nitrogens is 1. The van der Waals surface area contributed by atoms with Crippen LogP contribution in [-0.2, 0) is 0 Å². The molecule has 0 aliphatic carbocycles. The van der Waals surface area contributed by atoms with Gasteiger partial charge in [0.15, 0.2) is 0 Å². The molecule has 0 saturated carbocycles. The molecule has 0 fully saturated rings. The van der Waals surface area contributed by atoms with Crippen LogP contribution < -0.4 is 10.4 Å². The SMILES string of the molecule is COc1ccc2[nH]c(-c3ccc(C)cc3)c(-c3c(O)c4ccccc4oc3=O)c2c1. The lowest BCUT2D eigenvalue weighted by atomic mass is 9.97. The van der Waals surface area contributed by atoms with Gasteiger partial charge in [-0.05, 0) is 42.8 Å². The van der Waals surface area contributed by atoms with Gasteiger partial charge in [-0.3, -0.25) is 0 Å². The summed E-state index contributed by atoms with van der Waals surface area (Å²) in [4.78, 5) is 16.4. The highest BCUT2D eigenvalue weighted by Gasteiger charge is 2.24. The zero-order valence-corrected chi connectivity index (χ0v) is 16.5. The Kier molecular flexibility index (Phi) is 4.10. The number of methoxy groups -OCH3 is 1. The fraction of sp³-hybridized carbons (Fsp3) is 0.0800. The molecule has 2 N–H and O–H groups in total. The van der Waals surface area contributed by atoms with E-state index < -0.39 is 5.63 Å². The largest absolute Gasteiger partial charge is 0.506 e. The number of rotatable bonds is 3. The monoisotopic (exact) mass is 397 g/mol. The minimum Gasteiger partial charge on any atom is -0.506 e. The number of ether oxygens (including phenoxy) is 1. The first-order valence-electron chi connectivity index (χ1n) is 9.59. The lowest BCUT2D eigenvalue weighted by Gasteiger charge is -2.09. The second-order valence-electron chi connectivity index (χ2n) is 7.26. The summed E-state index contributed by atoms with van der Waals surface area (Å²) in [5.74, 6) is 0.557. The number of aromatic nitrogens is 1.